The Kier molecular flexibility index (Phi) is 3.44. The highest BCUT2D eigenvalue weighted by molar-refractivity contribution is 5.90. The number of amides is 1. The molecule has 0 spiro atoms. The fraction of sp³-hybridized carbons (Fsp3) is 0.588. The molecule has 3 unspecified atom stereocenters. The third-order valence-corrected chi connectivity index (χ3v) is 4.97. The van der Waals surface area contributed by atoms with Gasteiger partial charge in [0.1, 0.15) is 0 Å². The van der Waals surface area contributed by atoms with Crippen molar-refractivity contribution in [3.05, 3.63) is 23.8 Å². The zero-order valence-corrected chi connectivity index (χ0v) is 13.2. The number of carbonyl (C=O) groups excluding carboxylic acids is 1. The van der Waals surface area contributed by atoms with E-state index in [4.69, 9.17) is 4.74 Å². The number of nitrogens with one attached hydrogen (secondary N) is 2. The van der Waals surface area contributed by atoms with E-state index in [1.54, 1.807) is 0 Å². The summed E-state index contributed by atoms with van der Waals surface area (Å²) in [4.78, 5) is 11.3. The molecule has 4 heteroatoms. The van der Waals surface area contributed by atoms with Gasteiger partial charge in [0.15, 0.2) is 0 Å². The molecule has 2 N–H and O–H groups in total. The molecule has 0 aromatic heterocycles. The molecule has 2 fully saturated rings. The maximum atomic E-state index is 11.3. The minimum Gasteiger partial charge on any atom is -0.381 e. The summed E-state index contributed by atoms with van der Waals surface area (Å²) in [6.07, 6.45) is 1.52. The predicted octanol–water partition coefficient (Wildman–Crippen LogP) is 3.18. The second-order valence-corrected chi connectivity index (χ2v) is 6.90. The molecule has 1 saturated heterocycles. The summed E-state index contributed by atoms with van der Waals surface area (Å²) in [6, 6.07) is 6.58. The third kappa shape index (κ3) is 2.42. The van der Waals surface area contributed by atoms with Crippen molar-refractivity contribution in [2.75, 3.05) is 17.2 Å². The van der Waals surface area contributed by atoms with Gasteiger partial charge < -0.3 is 15.4 Å². The predicted molar refractivity (Wildman–Crippen MR) is 84.5 cm³/mol. The molecule has 1 aromatic carbocycles. The highest BCUT2D eigenvalue weighted by Crippen LogP contribution is 2.53. The molecule has 2 aliphatic rings. The molecular weight excluding hydrogens is 264 g/mol. The Bertz CT molecular complexity index is 568. The molecule has 1 saturated carbocycles. The van der Waals surface area contributed by atoms with Crippen LogP contribution in [0.5, 0.6) is 0 Å². The van der Waals surface area contributed by atoms with E-state index in [0.717, 1.165) is 30.0 Å². The maximum Gasteiger partial charge on any atom is 0.221 e. The Balaban J connectivity index is 1.77. The van der Waals surface area contributed by atoms with Crippen molar-refractivity contribution in [1.82, 2.24) is 0 Å². The van der Waals surface area contributed by atoms with E-state index in [2.05, 4.69) is 30.5 Å². The summed E-state index contributed by atoms with van der Waals surface area (Å²) in [7, 11) is 0. The normalized spacial score (nSPS) is 29.4. The van der Waals surface area contributed by atoms with Crippen molar-refractivity contribution in [2.45, 2.75) is 46.3 Å². The second-order valence-electron chi connectivity index (χ2n) is 6.90. The first-order valence-corrected chi connectivity index (χ1v) is 7.66. The van der Waals surface area contributed by atoms with Crippen molar-refractivity contribution in [2.24, 2.45) is 11.3 Å². The molecule has 1 amide bonds. The summed E-state index contributed by atoms with van der Waals surface area (Å²) in [5, 5.41) is 6.54. The topological polar surface area (TPSA) is 50.4 Å². The molecule has 1 heterocycles. The van der Waals surface area contributed by atoms with Crippen LogP contribution in [0.15, 0.2) is 18.2 Å². The summed E-state index contributed by atoms with van der Waals surface area (Å²) in [5.41, 5.74) is 3.17. The minimum atomic E-state index is -0.0384. The van der Waals surface area contributed by atoms with Crippen molar-refractivity contribution >= 4 is 17.3 Å². The molecule has 1 aromatic rings. The lowest BCUT2D eigenvalue weighted by atomic mass is 9.57. The molecule has 4 nitrogen and oxygen atoms in total. The van der Waals surface area contributed by atoms with Gasteiger partial charge in [-0.1, -0.05) is 19.9 Å². The fourth-order valence-electron chi connectivity index (χ4n) is 3.83. The van der Waals surface area contributed by atoms with Gasteiger partial charge in [-0.2, -0.15) is 0 Å². The highest BCUT2D eigenvalue weighted by atomic mass is 16.5. The minimum absolute atomic E-state index is 0.0384. The molecule has 0 radical (unpaired) electrons. The van der Waals surface area contributed by atoms with Crippen LogP contribution in [0.25, 0.3) is 0 Å². The quantitative estimate of drug-likeness (QED) is 0.898. The first-order valence-electron chi connectivity index (χ1n) is 7.66. The van der Waals surface area contributed by atoms with Gasteiger partial charge in [-0.3, -0.25) is 4.79 Å². The van der Waals surface area contributed by atoms with Crippen LogP contribution in [-0.4, -0.2) is 24.7 Å². The molecule has 1 aliphatic heterocycles. The van der Waals surface area contributed by atoms with Gasteiger partial charge in [0.05, 0.1) is 6.10 Å². The van der Waals surface area contributed by atoms with E-state index in [0.29, 0.717) is 18.1 Å². The molecule has 3 atom stereocenters. The number of fused-ring (bicyclic) bond motifs is 1. The smallest absolute Gasteiger partial charge is 0.221 e. The first-order chi connectivity index (χ1) is 9.89. The van der Waals surface area contributed by atoms with Gasteiger partial charge in [0.25, 0.3) is 0 Å². The Morgan fingerprint density at radius 1 is 1.38 bits per heavy atom. The summed E-state index contributed by atoms with van der Waals surface area (Å²) in [5.74, 6) is 0.564. The summed E-state index contributed by atoms with van der Waals surface area (Å²) in [6.45, 7) is 8.94. The first kappa shape index (κ1) is 14.4. The van der Waals surface area contributed by atoms with Gasteiger partial charge in [-0.05, 0) is 31.0 Å². The Morgan fingerprint density at radius 3 is 2.86 bits per heavy atom. The highest BCUT2D eigenvalue weighted by Gasteiger charge is 2.59. The second kappa shape index (κ2) is 5.02. The van der Waals surface area contributed by atoms with Crippen LogP contribution in [0.4, 0.5) is 11.4 Å². The lowest BCUT2D eigenvalue weighted by molar-refractivity contribution is -0.114. The number of aryl methyl sites for hydroxylation is 1. The van der Waals surface area contributed by atoms with Crippen LogP contribution in [0.2, 0.25) is 0 Å². The number of benzene rings is 1. The van der Waals surface area contributed by atoms with Gasteiger partial charge in [0.2, 0.25) is 5.91 Å². The number of ether oxygens (including phenoxy) is 1. The molecule has 0 bridgehead atoms. The number of rotatable bonds is 3. The lowest BCUT2D eigenvalue weighted by Gasteiger charge is -2.55. The van der Waals surface area contributed by atoms with Crippen LogP contribution in [0, 0.1) is 18.3 Å². The van der Waals surface area contributed by atoms with Crippen LogP contribution in [-0.2, 0) is 9.53 Å². The zero-order chi connectivity index (χ0) is 15.2. The summed E-state index contributed by atoms with van der Waals surface area (Å²) >= 11 is 0. The van der Waals surface area contributed by atoms with Gasteiger partial charge in [0, 0.05) is 42.3 Å². The number of carbonyl (C=O) groups is 1. The van der Waals surface area contributed by atoms with E-state index in [-0.39, 0.29) is 11.3 Å². The third-order valence-electron chi connectivity index (χ3n) is 4.97. The molecular formula is C17H24N2O2. The van der Waals surface area contributed by atoms with Crippen LogP contribution in [0.1, 0.15) is 32.8 Å². The Hall–Kier alpha value is -1.55. The maximum absolute atomic E-state index is 11.3. The van der Waals surface area contributed by atoms with Crippen molar-refractivity contribution in [1.29, 1.82) is 0 Å². The van der Waals surface area contributed by atoms with Crippen LogP contribution < -0.4 is 10.6 Å². The van der Waals surface area contributed by atoms with Gasteiger partial charge >= 0.3 is 0 Å². The number of anilines is 2. The zero-order valence-electron chi connectivity index (χ0n) is 13.2. The average molecular weight is 288 g/mol. The standard InChI is InChI=1S/C17H24N2O2/c1-10-5-6-12(9-14(10)18-11(2)20)19-15-13-7-8-21-16(13)17(15,3)4/h5-6,9,13,15-16,19H,7-8H2,1-4H3,(H,18,20). The Morgan fingerprint density at radius 2 is 2.14 bits per heavy atom. The summed E-state index contributed by atoms with van der Waals surface area (Å²) < 4.78 is 5.83. The SMILES string of the molecule is CC(=O)Nc1cc(NC2C3CCOC3C2(C)C)ccc1C. The van der Waals surface area contributed by atoms with Crippen molar-refractivity contribution in [3.8, 4) is 0 Å². The van der Waals surface area contributed by atoms with Gasteiger partial charge in [-0.25, -0.2) is 0 Å². The van der Waals surface area contributed by atoms with E-state index in [1.165, 1.54) is 6.92 Å². The van der Waals surface area contributed by atoms with Crippen molar-refractivity contribution in [3.63, 3.8) is 0 Å². The van der Waals surface area contributed by atoms with Crippen LogP contribution in [0.3, 0.4) is 0 Å². The van der Waals surface area contributed by atoms with E-state index in [1.807, 2.05) is 19.1 Å². The number of hydrogen-bond acceptors (Lipinski definition) is 3. The molecule has 3 rings (SSSR count). The van der Waals surface area contributed by atoms with Gasteiger partial charge in [-0.15, -0.1) is 0 Å². The Labute approximate surface area is 126 Å². The average Bonchev–Trinajstić information content (AvgIpc) is 2.85. The molecule has 1 aliphatic carbocycles. The lowest BCUT2D eigenvalue weighted by Crippen LogP contribution is -2.63. The molecule has 114 valence electrons. The fourth-order valence-corrected chi connectivity index (χ4v) is 3.83. The van der Waals surface area contributed by atoms with Crippen molar-refractivity contribution < 1.29 is 9.53 Å². The largest absolute Gasteiger partial charge is 0.381 e. The van der Waals surface area contributed by atoms with E-state index in [9.17, 15) is 4.79 Å². The van der Waals surface area contributed by atoms with E-state index < -0.39 is 0 Å². The van der Waals surface area contributed by atoms with Crippen LogP contribution >= 0.6 is 0 Å². The monoisotopic (exact) mass is 288 g/mol. The number of hydrogen-bond donors (Lipinski definition) is 2. The van der Waals surface area contributed by atoms with E-state index >= 15 is 0 Å². The molecule has 21 heavy (non-hydrogen) atoms.